The Balaban J connectivity index is 2.18. The van der Waals surface area contributed by atoms with Crippen LogP contribution in [0.1, 0.15) is 25.1 Å². The molecular weight excluding hydrogens is 328 g/mol. The summed E-state index contributed by atoms with van der Waals surface area (Å²) in [6.07, 6.45) is 7.31. The van der Waals surface area contributed by atoms with Crippen molar-refractivity contribution in [2.24, 2.45) is 4.99 Å². The Kier molecular flexibility index (Phi) is 5.22. The Morgan fingerprint density at radius 3 is 2.71 bits per heavy atom. The van der Waals surface area contributed by atoms with Crippen LogP contribution in [0, 0.1) is 6.92 Å². The number of amidine groups is 1. The van der Waals surface area contributed by atoms with Gasteiger partial charge in [-0.1, -0.05) is 6.08 Å². The molecule has 5 heteroatoms. The van der Waals surface area contributed by atoms with Crippen LogP contribution < -0.4 is 5.32 Å². The Morgan fingerprint density at radius 2 is 2.10 bits per heavy atom. The Morgan fingerprint density at radius 1 is 1.29 bits per heavy atom. The molecule has 1 N–H and O–H groups in total. The highest BCUT2D eigenvalue weighted by Crippen LogP contribution is 2.19. The van der Waals surface area contributed by atoms with Crippen molar-refractivity contribution in [2.75, 3.05) is 5.32 Å². The molecule has 0 aliphatic heterocycles. The second kappa shape index (κ2) is 7.13. The number of nitrogens with zero attached hydrogens (tertiary/aromatic N) is 3. The van der Waals surface area contributed by atoms with Crippen LogP contribution in [0.4, 0.5) is 5.69 Å². The SMILES string of the molecule is C/C=C(\N=C(C)Nc1ccc(C)nc1)c1cncc(Br)c1. The van der Waals surface area contributed by atoms with Crippen LogP contribution in [0.2, 0.25) is 0 Å². The van der Waals surface area contributed by atoms with E-state index in [0.717, 1.165) is 33.0 Å². The van der Waals surface area contributed by atoms with Gasteiger partial charge in [0.25, 0.3) is 0 Å². The molecule has 2 aromatic heterocycles. The van der Waals surface area contributed by atoms with E-state index < -0.39 is 0 Å². The topological polar surface area (TPSA) is 50.2 Å². The van der Waals surface area contributed by atoms with E-state index >= 15 is 0 Å². The molecule has 0 aromatic carbocycles. The zero-order valence-corrected chi connectivity index (χ0v) is 13.8. The Hall–Kier alpha value is -2.01. The molecular formula is C16H17BrN4. The van der Waals surface area contributed by atoms with E-state index in [-0.39, 0.29) is 0 Å². The summed E-state index contributed by atoms with van der Waals surface area (Å²) in [5, 5.41) is 3.23. The molecule has 0 fully saturated rings. The summed E-state index contributed by atoms with van der Waals surface area (Å²) in [6.45, 7) is 5.85. The molecule has 21 heavy (non-hydrogen) atoms. The molecule has 0 atom stereocenters. The summed E-state index contributed by atoms with van der Waals surface area (Å²) in [6, 6.07) is 5.94. The predicted molar refractivity (Wildman–Crippen MR) is 91.3 cm³/mol. The zero-order valence-electron chi connectivity index (χ0n) is 12.3. The molecule has 0 saturated heterocycles. The van der Waals surface area contributed by atoms with Crippen molar-refractivity contribution in [2.45, 2.75) is 20.8 Å². The van der Waals surface area contributed by atoms with Gasteiger partial charge in [-0.15, -0.1) is 0 Å². The summed E-state index contributed by atoms with van der Waals surface area (Å²) in [5.74, 6) is 0.800. The number of anilines is 1. The summed E-state index contributed by atoms with van der Waals surface area (Å²) in [5.41, 5.74) is 3.75. The predicted octanol–water partition coefficient (Wildman–Crippen LogP) is 4.44. The van der Waals surface area contributed by atoms with E-state index in [0.29, 0.717) is 0 Å². The third-order valence-corrected chi connectivity index (χ3v) is 3.23. The number of hydrogen-bond donors (Lipinski definition) is 1. The lowest BCUT2D eigenvalue weighted by molar-refractivity contribution is 1.20. The summed E-state index contributed by atoms with van der Waals surface area (Å²) < 4.78 is 0.933. The fourth-order valence-electron chi connectivity index (χ4n) is 1.81. The maximum absolute atomic E-state index is 4.60. The maximum atomic E-state index is 4.60. The molecule has 0 saturated carbocycles. The van der Waals surface area contributed by atoms with Gasteiger partial charge in [-0.2, -0.15) is 0 Å². The standard InChI is InChI=1S/C16H17BrN4/c1-4-16(13-7-14(17)9-18-8-13)21-12(3)20-15-6-5-11(2)19-10-15/h4-10H,1-3H3,(H,20,21)/b16-4-. The average molecular weight is 345 g/mol. The van der Waals surface area contributed by atoms with Crippen LogP contribution >= 0.6 is 15.9 Å². The number of allylic oxidation sites excluding steroid dienone is 1. The van der Waals surface area contributed by atoms with Crippen molar-refractivity contribution in [1.82, 2.24) is 9.97 Å². The van der Waals surface area contributed by atoms with Gasteiger partial charge in [0.2, 0.25) is 0 Å². The Bertz CT molecular complexity index is 675. The minimum atomic E-state index is 0.800. The van der Waals surface area contributed by atoms with Gasteiger partial charge in [-0.3, -0.25) is 9.97 Å². The number of rotatable bonds is 3. The molecule has 0 aliphatic carbocycles. The number of hydrogen-bond acceptors (Lipinski definition) is 3. The quantitative estimate of drug-likeness (QED) is 0.661. The number of nitrogens with one attached hydrogen (secondary N) is 1. The molecule has 0 bridgehead atoms. The summed E-state index contributed by atoms with van der Waals surface area (Å²) >= 11 is 3.42. The van der Waals surface area contributed by atoms with Gasteiger partial charge in [0, 0.05) is 28.1 Å². The highest BCUT2D eigenvalue weighted by molar-refractivity contribution is 9.10. The fraction of sp³-hybridized carbons (Fsp3) is 0.188. The third-order valence-electron chi connectivity index (χ3n) is 2.80. The number of aryl methyl sites for hydroxylation is 1. The third kappa shape index (κ3) is 4.49. The van der Waals surface area contributed by atoms with Gasteiger partial charge >= 0.3 is 0 Å². The lowest BCUT2D eigenvalue weighted by Gasteiger charge is -2.08. The fourth-order valence-corrected chi connectivity index (χ4v) is 2.17. The van der Waals surface area contributed by atoms with E-state index in [2.05, 4.69) is 36.2 Å². The normalized spacial score (nSPS) is 12.4. The first-order chi connectivity index (χ1) is 10.1. The van der Waals surface area contributed by atoms with E-state index in [1.807, 2.05) is 45.0 Å². The molecule has 0 aliphatic rings. The molecule has 0 radical (unpaired) electrons. The molecule has 2 heterocycles. The first kappa shape index (κ1) is 15.4. The molecule has 0 spiro atoms. The second-order valence-corrected chi connectivity index (χ2v) is 5.49. The lowest BCUT2D eigenvalue weighted by Crippen LogP contribution is -2.07. The largest absolute Gasteiger partial charge is 0.343 e. The number of aromatic nitrogens is 2. The van der Waals surface area contributed by atoms with Gasteiger partial charge in [0.15, 0.2) is 0 Å². The van der Waals surface area contributed by atoms with Crippen LogP contribution in [0.25, 0.3) is 5.70 Å². The highest BCUT2D eigenvalue weighted by atomic mass is 79.9. The van der Waals surface area contributed by atoms with Gasteiger partial charge in [0.05, 0.1) is 17.6 Å². The van der Waals surface area contributed by atoms with E-state index in [1.54, 1.807) is 18.6 Å². The number of aliphatic imine (C=N–C) groups is 1. The van der Waals surface area contributed by atoms with Crippen molar-refractivity contribution in [3.8, 4) is 0 Å². The van der Waals surface area contributed by atoms with Crippen molar-refractivity contribution < 1.29 is 0 Å². The smallest absolute Gasteiger partial charge is 0.103 e. The second-order valence-electron chi connectivity index (χ2n) is 4.58. The first-order valence-electron chi connectivity index (χ1n) is 6.60. The van der Waals surface area contributed by atoms with Crippen LogP contribution in [0.5, 0.6) is 0 Å². The van der Waals surface area contributed by atoms with Gasteiger partial charge in [-0.05, 0) is 54.9 Å². The molecule has 2 rings (SSSR count). The van der Waals surface area contributed by atoms with Crippen LogP contribution in [-0.2, 0) is 0 Å². The molecule has 108 valence electrons. The summed E-state index contributed by atoms with van der Waals surface area (Å²) in [4.78, 5) is 13.0. The highest BCUT2D eigenvalue weighted by Gasteiger charge is 2.02. The minimum absolute atomic E-state index is 0.800. The van der Waals surface area contributed by atoms with Gasteiger partial charge in [0.1, 0.15) is 5.84 Å². The van der Waals surface area contributed by atoms with Gasteiger partial charge < -0.3 is 5.32 Å². The molecule has 0 amide bonds. The van der Waals surface area contributed by atoms with E-state index in [9.17, 15) is 0 Å². The van der Waals surface area contributed by atoms with Crippen molar-refractivity contribution in [1.29, 1.82) is 0 Å². The maximum Gasteiger partial charge on any atom is 0.103 e. The van der Waals surface area contributed by atoms with Gasteiger partial charge in [-0.25, -0.2) is 4.99 Å². The molecule has 4 nitrogen and oxygen atoms in total. The Labute approximate surface area is 133 Å². The van der Waals surface area contributed by atoms with E-state index in [1.165, 1.54) is 0 Å². The number of halogens is 1. The monoisotopic (exact) mass is 344 g/mol. The molecule has 2 aromatic rings. The van der Waals surface area contributed by atoms with Crippen LogP contribution in [0.3, 0.4) is 0 Å². The van der Waals surface area contributed by atoms with Crippen LogP contribution in [0.15, 0.2) is 52.3 Å². The average Bonchev–Trinajstić information content (AvgIpc) is 2.47. The lowest BCUT2D eigenvalue weighted by atomic mass is 10.2. The minimum Gasteiger partial charge on any atom is -0.343 e. The zero-order chi connectivity index (χ0) is 15.2. The first-order valence-corrected chi connectivity index (χ1v) is 7.40. The summed E-state index contributed by atoms with van der Waals surface area (Å²) in [7, 11) is 0. The van der Waals surface area contributed by atoms with E-state index in [4.69, 9.17) is 0 Å². The molecule has 0 unspecified atom stereocenters. The van der Waals surface area contributed by atoms with Crippen molar-refractivity contribution in [3.05, 3.63) is 58.6 Å². The van der Waals surface area contributed by atoms with Crippen molar-refractivity contribution in [3.63, 3.8) is 0 Å². The number of pyridine rings is 2. The van der Waals surface area contributed by atoms with Crippen molar-refractivity contribution >= 4 is 33.1 Å². The van der Waals surface area contributed by atoms with Crippen LogP contribution in [-0.4, -0.2) is 15.8 Å².